The normalized spacial score (nSPS) is 10.7. The number of Topliss-reactive ketones (excluding diaryl/α,β-unsaturated/α-hetero) is 1. The van der Waals surface area contributed by atoms with Crippen LogP contribution in [0.3, 0.4) is 0 Å². The van der Waals surface area contributed by atoms with Crippen LogP contribution in [0.25, 0.3) is 0 Å². The van der Waals surface area contributed by atoms with Crippen LogP contribution in [0.1, 0.15) is 15.2 Å². The molecule has 2 rings (SSSR count). The van der Waals surface area contributed by atoms with Crippen molar-refractivity contribution in [2.24, 2.45) is 0 Å². The molecule has 94 valence electrons. The summed E-state index contributed by atoms with van der Waals surface area (Å²) in [6.07, 6.45) is -0.318. The number of carbonyl (C=O) groups excluding carboxylic acids is 1. The van der Waals surface area contributed by atoms with Gasteiger partial charge >= 0.3 is 0 Å². The number of halogens is 4. The van der Waals surface area contributed by atoms with E-state index in [1.54, 1.807) is 0 Å². The first-order valence-corrected chi connectivity index (χ1v) is 6.88. The van der Waals surface area contributed by atoms with Crippen molar-refractivity contribution >= 4 is 44.7 Å². The predicted molar refractivity (Wildman–Crippen MR) is 71.4 cm³/mol. The largest absolute Gasteiger partial charge is 0.293 e. The Balaban J connectivity index is 2.27. The molecule has 0 amide bonds. The molecule has 0 atom stereocenters. The van der Waals surface area contributed by atoms with Crippen molar-refractivity contribution in [3.63, 3.8) is 0 Å². The zero-order chi connectivity index (χ0) is 13.3. The number of benzene rings is 1. The van der Waals surface area contributed by atoms with Gasteiger partial charge in [-0.2, -0.15) is 0 Å². The van der Waals surface area contributed by atoms with Crippen molar-refractivity contribution in [2.75, 3.05) is 0 Å². The van der Waals surface area contributed by atoms with Gasteiger partial charge in [-0.15, -0.1) is 11.3 Å². The summed E-state index contributed by atoms with van der Waals surface area (Å²) in [4.78, 5) is 12.3. The molecule has 1 nitrogen and oxygen atoms in total. The van der Waals surface area contributed by atoms with Crippen LogP contribution >= 0.6 is 38.9 Å². The summed E-state index contributed by atoms with van der Waals surface area (Å²) in [6.45, 7) is 0. The van der Waals surface area contributed by atoms with Gasteiger partial charge in [0.15, 0.2) is 5.78 Å². The molecule has 1 aromatic carbocycles. The van der Waals surface area contributed by atoms with Crippen molar-refractivity contribution in [1.82, 2.24) is 0 Å². The van der Waals surface area contributed by atoms with Crippen LogP contribution in [0, 0.1) is 11.6 Å². The molecule has 0 N–H and O–H groups in total. The molecular weight excluding hydrogens is 346 g/mol. The van der Waals surface area contributed by atoms with E-state index in [9.17, 15) is 13.6 Å². The van der Waals surface area contributed by atoms with Crippen molar-refractivity contribution in [2.45, 2.75) is 6.42 Å². The molecule has 0 unspecified atom stereocenters. The molecule has 1 aromatic heterocycles. The number of ketones is 1. The molecule has 18 heavy (non-hydrogen) atoms. The van der Waals surface area contributed by atoms with Crippen molar-refractivity contribution in [3.8, 4) is 0 Å². The Morgan fingerprint density at radius 2 is 1.94 bits per heavy atom. The summed E-state index contributed by atoms with van der Waals surface area (Å²) in [5, 5.41) is 0.414. The minimum atomic E-state index is -0.718. The third-order valence-electron chi connectivity index (χ3n) is 2.32. The third kappa shape index (κ3) is 2.79. The molecule has 0 aliphatic rings. The molecule has 0 bridgehead atoms. The minimum Gasteiger partial charge on any atom is -0.293 e. The number of hydrogen-bond donors (Lipinski definition) is 0. The highest BCUT2D eigenvalue weighted by Crippen LogP contribution is 2.32. The summed E-state index contributed by atoms with van der Waals surface area (Å²) >= 11 is 10.1. The average Bonchev–Trinajstić information content (AvgIpc) is 2.64. The first kappa shape index (κ1) is 13.6. The van der Waals surface area contributed by atoms with Crippen LogP contribution in [0.5, 0.6) is 0 Å². The summed E-state index contributed by atoms with van der Waals surface area (Å²) in [7, 11) is 0. The average molecular weight is 352 g/mol. The molecule has 0 spiro atoms. The number of rotatable bonds is 3. The SMILES string of the molecule is O=C(Cc1c(F)cccc1F)c1cc(Cl)c(Br)s1. The highest BCUT2D eigenvalue weighted by atomic mass is 79.9. The Hall–Kier alpha value is -0.780. The van der Waals surface area contributed by atoms with E-state index in [1.807, 2.05) is 0 Å². The lowest BCUT2D eigenvalue weighted by molar-refractivity contribution is 0.0994. The Morgan fingerprint density at radius 3 is 2.44 bits per heavy atom. The first-order valence-electron chi connectivity index (χ1n) is 4.90. The second-order valence-electron chi connectivity index (χ2n) is 3.53. The van der Waals surface area contributed by atoms with Crippen LogP contribution in [-0.4, -0.2) is 5.78 Å². The van der Waals surface area contributed by atoms with Gasteiger partial charge in [0.25, 0.3) is 0 Å². The van der Waals surface area contributed by atoms with Gasteiger partial charge in [-0.3, -0.25) is 4.79 Å². The van der Waals surface area contributed by atoms with E-state index in [4.69, 9.17) is 11.6 Å². The number of carbonyl (C=O) groups is 1. The molecule has 6 heteroatoms. The maximum atomic E-state index is 13.4. The smallest absolute Gasteiger partial charge is 0.177 e. The zero-order valence-electron chi connectivity index (χ0n) is 8.84. The maximum Gasteiger partial charge on any atom is 0.177 e. The molecule has 1 heterocycles. The molecular formula is C12H6BrClF2OS. The van der Waals surface area contributed by atoms with Crippen LogP contribution in [0.15, 0.2) is 28.1 Å². The highest BCUT2D eigenvalue weighted by Gasteiger charge is 2.17. The van der Waals surface area contributed by atoms with Crippen molar-refractivity contribution in [1.29, 1.82) is 0 Å². The molecule has 0 radical (unpaired) electrons. The molecule has 2 aromatic rings. The van der Waals surface area contributed by atoms with Crippen LogP contribution in [0.4, 0.5) is 8.78 Å². The lowest BCUT2D eigenvalue weighted by atomic mass is 10.1. The Labute approximate surface area is 120 Å². The summed E-state index contributed by atoms with van der Waals surface area (Å²) in [5.74, 6) is -1.80. The first-order chi connectivity index (χ1) is 8.49. The molecule has 0 aliphatic heterocycles. The lowest BCUT2D eigenvalue weighted by Gasteiger charge is -2.02. The Kier molecular flexibility index (Phi) is 4.14. The maximum absolute atomic E-state index is 13.4. The second kappa shape index (κ2) is 5.47. The lowest BCUT2D eigenvalue weighted by Crippen LogP contribution is -2.05. The summed E-state index contributed by atoms with van der Waals surface area (Å²) in [5.41, 5.74) is -0.219. The van der Waals surface area contributed by atoms with Crippen LogP contribution in [-0.2, 0) is 6.42 Å². The van der Waals surface area contributed by atoms with E-state index in [2.05, 4.69) is 15.9 Å². The van der Waals surface area contributed by atoms with Crippen molar-refractivity contribution < 1.29 is 13.6 Å². The number of hydrogen-bond acceptors (Lipinski definition) is 2. The minimum absolute atomic E-state index is 0.219. The van der Waals surface area contributed by atoms with Crippen LogP contribution < -0.4 is 0 Å². The monoisotopic (exact) mass is 350 g/mol. The fraction of sp³-hybridized carbons (Fsp3) is 0.0833. The molecule has 0 saturated heterocycles. The van der Waals surface area contributed by atoms with E-state index in [-0.39, 0.29) is 17.8 Å². The van der Waals surface area contributed by atoms with Crippen LogP contribution in [0.2, 0.25) is 5.02 Å². The second-order valence-corrected chi connectivity index (χ2v) is 6.31. The van der Waals surface area contributed by atoms with Gasteiger partial charge in [-0.25, -0.2) is 8.78 Å². The zero-order valence-corrected chi connectivity index (χ0v) is 12.0. The highest BCUT2D eigenvalue weighted by molar-refractivity contribution is 9.11. The molecule has 0 aliphatic carbocycles. The van der Waals surface area contributed by atoms with Gasteiger partial charge in [0.1, 0.15) is 11.6 Å². The van der Waals surface area contributed by atoms with Gasteiger partial charge in [0.05, 0.1) is 13.7 Å². The molecule has 0 fully saturated rings. The molecule has 0 saturated carbocycles. The van der Waals surface area contributed by atoms with Gasteiger partial charge in [0.2, 0.25) is 0 Å². The fourth-order valence-corrected chi connectivity index (χ4v) is 3.07. The Morgan fingerprint density at radius 1 is 1.33 bits per heavy atom. The van der Waals surface area contributed by atoms with Gasteiger partial charge in [0, 0.05) is 12.0 Å². The predicted octanol–water partition coefficient (Wildman–Crippen LogP) is 4.87. The van der Waals surface area contributed by atoms with E-state index in [1.165, 1.54) is 12.1 Å². The van der Waals surface area contributed by atoms with E-state index in [0.29, 0.717) is 13.7 Å². The summed E-state index contributed by atoms with van der Waals surface area (Å²) < 4.78 is 27.4. The van der Waals surface area contributed by atoms with E-state index >= 15 is 0 Å². The number of thiophene rings is 1. The summed E-state index contributed by atoms with van der Waals surface area (Å²) in [6, 6.07) is 5.00. The van der Waals surface area contributed by atoms with E-state index in [0.717, 1.165) is 23.5 Å². The quantitative estimate of drug-likeness (QED) is 0.721. The standard InChI is InChI=1S/C12H6BrClF2OS/c13-12-7(14)5-11(18-12)10(17)4-6-8(15)2-1-3-9(6)16/h1-3,5H,4H2. The third-order valence-corrected chi connectivity index (χ3v) is 4.83. The fourth-order valence-electron chi connectivity index (χ4n) is 1.43. The van der Waals surface area contributed by atoms with Gasteiger partial charge < -0.3 is 0 Å². The van der Waals surface area contributed by atoms with Crippen molar-refractivity contribution in [3.05, 3.63) is 55.1 Å². The Bertz CT molecular complexity index is 572. The van der Waals surface area contributed by atoms with Gasteiger partial charge in [-0.05, 0) is 34.1 Å². The topological polar surface area (TPSA) is 17.1 Å². The van der Waals surface area contributed by atoms with Gasteiger partial charge in [-0.1, -0.05) is 17.7 Å². The van der Waals surface area contributed by atoms with E-state index < -0.39 is 11.6 Å².